The molecule has 4 nitrogen and oxygen atoms in total. The van der Waals surface area contributed by atoms with Crippen LogP contribution in [0.15, 0.2) is 77.3 Å². The van der Waals surface area contributed by atoms with Gasteiger partial charge in [0.15, 0.2) is 11.5 Å². The third-order valence-corrected chi connectivity index (χ3v) is 11.3. The molecule has 5 heteroatoms. The van der Waals surface area contributed by atoms with Crippen LogP contribution in [0.3, 0.4) is 0 Å². The Morgan fingerprint density at radius 3 is 2.29 bits per heavy atom. The highest BCUT2D eigenvalue weighted by molar-refractivity contribution is 9.10. The van der Waals surface area contributed by atoms with Gasteiger partial charge in [0.1, 0.15) is 6.54 Å². The topological polar surface area (TPSA) is 42.2 Å². The standard InChI is InChI=1S/C36H40BrN2O2/c37-30-14-11-27(12-15-30)21-39(18-17-26-13-16-34-35(19-26)41-25-40-34)22-32-31(33(32)23-39)20-36(24-38,28-7-3-1-4-8-28)29-9-5-2-6-10-29/h1,3-4,7-8,11-16,19,29,31-33H,2,5-6,9-10,17-18,20-23,25H2/q+1. The molecule has 212 valence electrons. The lowest BCUT2D eigenvalue weighted by molar-refractivity contribution is -0.934. The highest BCUT2D eigenvalue weighted by Crippen LogP contribution is 2.61. The van der Waals surface area contributed by atoms with Crippen LogP contribution in [-0.4, -0.2) is 30.9 Å². The zero-order valence-electron chi connectivity index (χ0n) is 23.8. The lowest BCUT2D eigenvalue weighted by Gasteiger charge is -2.40. The number of ether oxygens (including phenoxy) is 2. The van der Waals surface area contributed by atoms with Crippen molar-refractivity contribution in [3.63, 3.8) is 0 Å². The first kappa shape index (κ1) is 27.0. The molecule has 1 saturated heterocycles. The molecule has 0 amide bonds. The predicted molar refractivity (Wildman–Crippen MR) is 164 cm³/mol. The van der Waals surface area contributed by atoms with Gasteiger partial charge in [0.25, 0.3) is 0 Å². The van der Waals surface area contributed by atoms with Crippen LogP contribution in [-0.2, 0) is 18.4 Å². The molecule has 2 aliphatic heterocycles. The average molecular weight is 613 g/mol. The van der Waals surface area contributed by atoms with Crippen LogP contribution in [0.1, 0.15) is 55.2 Å². The lowest BCUT2D eigenvalue weighted by Crippen LogP contribution is -2.49. The summed E-state index contributed by atoms with van der Waals surface area (Å²) < 4.78 is 13.5. The molecule has 0 spiro atoms. The normalized spacial score (nSPS) is 28.0. The number of halogens is 1. The second-order valence-electron chi connectivity index (χ2n) is 13.1. The van der Waals surface area contributed by atoms with Crippen molar-refractivity contribution in [1.29, 1.82) is 5.26 Å². The summed E-state index contributed by atoms with van der Waals surface area (Å²) in [7, 11) is 0. The maximum absolute atomic E-state index is 10.8. The Morgan fingerprint density at radius 2 is 1.56 bits per heavy atom. The molecule has 2 heterocycles. The van der Waals surface area contributed by atoms with E-state index >= 15 is 0 Å². The number of rotatable bonds is 9. The van der Waals surface area contributed by atoms with E-state index in [1.54, 1.807) is 0 Å². The van der Waals surface area contributed by atoms with Crippen LogP contribution < -0.4 is 9.47 Å². The van der Waals surface area contributed by atoms with Crippen LogP contribution in [0.4, 0.5) is 0 Å². The smallest absolute Gasteiger partial charge is 0.231 e. The largest absolute Gasteiger partial charge is 0.454 e. The fraction of sp³-hybridized carbons (Fsp3) is 0.472. The van der Waals surface area contributed by atoms with E-state index in [0.717, 1.165) is 58.2 Å². The molecule has 3 unspecified atom stereocenters. The molecule has 3 aromatic carbocycles. The van der Waals surface area contributed by atoms with Crippen molar-refractivity contribution in [3.8, 4) is 17.6 Å². The maximum atomic E-state index is 10.8. The molecule has 41 heavy (non-hydrogen) atoms. The minimum absolute atomic E-state index is 0.321. The third-order valence-electron chi connectivity index (χ3n) is 10.8. The summed E-state index contributed by atoms with van der Waals surface area (Å²) in [6.45, 7) is 4.96. The molecular formula is C36H40BrN2O2+. The van der Waals surface area contributed by atoms with E-state index in [1.807, 2.05) is 0 Å². The fourth-order valence-corrected chi connectivity index (χ4v) is 8.86. The van der Waals surface area contributed by atoms with Gasteiger partial charge < -0.3 is 14.0 Å². The maximum Gasteiger partial charge on any atom is 0.231 e. The van der Waals surface area contributed by atoms with Crippen molar-refractivity contribution in [2.24, 2.45) is 23.7 Å². The third kappa shape index (κ3) is 5.30. The number of nitriles is 1. The zero-order valence-corrected chi connectivity index (χ0v) is 25.4. The Balaban J connectivity index is 1.11. The second kappa shape index (κ2) is 11.1. The van der Waals surface area contributed by atoms with E-state index in [4.69, 9.17) is 9.47 Å². The van der Waals surface area contributed by atoms with Gasteiger partial charge in [-0.1, -0.05) is 83.7 Å². The van der Waals surface area contributed by atoms with E-state index in [1.165, 1.54) is 61.9 Å². The molecular weight excluding hydrogens is 572 g/mol. The summed E-state index contributed by atoms with van der Waals surface area (Å²) in [5.74, 6) is 4.33. The van der Waals surface area contributed by atoms with Crippen molar-refractivity contribution in [1.82, 2.24) is 0 Å². The number of piperidine rings is 1. The Morgan fingerprint density at radius 1 is 0.854 bits per heavy atom. The molecule has 0 radical (unpaired) electrons. The van der Waals surface area contributed by atoms with Crippen LogP contribution in [0, 0.1) is 35.0 Å². The number of nitrogens with zero attached hydrogens (tertiary/aromatic N) is 2. The van der Waals surface area contributed by atoms with E-state index < -0.39 is 0 Å². The first-order chi connectivity index (χ1) is 20.1. The summed E-state index contributed by atoms with van der Waals surface area (Å²) in [4.78, 5) is 0. The number of quaternary nitrogens is 1. The minimum atomic E-state index is -0.343. The van der Waals surface area contributed by atoms with Crippen molar-refractivity contribution < 1.29 is 14.0 Å². The number of likely N-dealkylation sites (tertiary alicyclic amines) is 1. The van der Waals surface area contributed by atoms with Crippen LogP contribution in [0.2, 0.25) is 0 Å². The van der Waals surface area contributed by atoms with E-state index in [0.29, 0.717) is 18.6 Å². The molecule has 0 bridgehead atoms. The first-order valence-corrected chi connectivity index (χ1v) is 16.3. The van der Waals surface area contributed by atoms with E-state index in [9.17, 15) is 5.26 Å². The van der Waals surface area contributed by atoms with Crippen molar-refractivity contribution in [3.05, 3.63) is 94.0 Å². The summed E-state index contributed by atoms with van der Waals surface area (Å²) in [6, 6.07) is 29.1. The molecule has 2 saturated carbocycles. The molecule has 7 rings (SSSR count). The number of hydrogen-bond acceptors (Lipinski definition) is 3. The van der Waals surface area contributed by atoms with Crippen LogP contribution in [0.5, 0.6) is 11.5 Å². The summed E-state index contributed by atoms with van der Waals surface area (Å²) in [5.41, 5.74) is 3.65. The Bertz CT molecular complexity index is 1400. The number of benzene rings is 3. The number of fused-ring (bicyclic) bond motifs is 2. The zero-order chi connectivity index (χ0) is 27.9. The Hall–Kier alpha value is -2.81. The minimum Gasteiger partial charge on any atom is -0.454 e. The quantitative estimate of drug-likeness (QED) is 0.230. The number of hydrogen-bond donors (Lipinski definition) is 0. The van der Waals surface area contributed by atoms with Gasteiger partial charge in [-0.15, -0.1) is 0 Å². The van der Waals surface area contributed by atoms with Gasteiger partial charge >= 0.3 is 0 Å². The van der Waals surface area contributed by atoms with Gasteiger partial charge in [-0.3, -0.25) is 0 Å². The summed E-state index contributed by atoms with van der Waals surface area (Å²) in [6.07, 6.45) is 8.32. The van der Waals surface area contributed by atoms with Gasteiger partial charge in [0, 0.05) is 28.3 Å². The average Bonchev–Trinajstić information content (AvgIpc) is 3.33. The molecule has 0 N–H and O–H groups in total. The van der Waals surface area contributed by atoms with Crippen LogP contribution >= 0.6 is 15.9 Å². The van der Waals surface area contributed by atoms with Gasteiger partial charge in [-0.2, -0.15) is 5.26 Å². The molecule has 3 atom stereocenters. The Kier molecular flexibility index (Phi) is 7.33. The SMILES string of the molecule is N#CC(CC1C2C[N+](CCc3ccc4c(c3)OCO4)(Cc3ccc(Br)cc3)CC12)(c1ccccc1)C1CCCCC1. The van der Waals surface area contributed by atoms with Gasteiger partial charge in [0.2, 0.25) is 6.79 Å². The fourth-order valence-electron chi connectivity index (χ4n) is 8.59. The van der Waals surface area contributed by atoms with Gasteiger partial charge in [-0.05, 0) is 66.5 Å². The first-order valence-electron chi connectivity index (χ1n) is 15.5. The molecule has 2 aliphatic carbocycles. The summed E-state index contributed by atoms with van der Waals surface area (Å²) in [5, 5.41) is 10.8. The van der Waals surface area contributed by atoms with E-state index in [-0.39, 0.29) is 5.41 Å². The molecule has 3 aromatic rings. The van der Waals surface area contributed by atoms with Crippen molar-refractivity contribution in [2.45, 2.75) is 56.9 Å². The van der Waals surface area contributed by atoms with Gasteiger partial charge in [0.05, 0.1) is 31.1 Å². The van der Waals surface area contributed by atoms with Crippen molar-refractivity contribution in [2.75, 3.05) is 26.4 Å². The van der Waals surface area contributed by atoms with E-state index in [2.05, 4.69) is 94.8 Å². The Labute approximate surface area is 253 Å². The monoisotopic (exact) mass is 611 g/mol. The molecule has 0 aromatic heterocycles. The molecule has 3 fully saturated rings. The predicted octanol–water partition coefficient (Wildman–Crippen LogP) is 8.05. The molecule has 4 aliphatic rings. The summed E-state index contributed by atoms with van der Waals surface area (Å²) >= 11 is 3.61. The lowest BCUT2D eigenvalue weighted by atomic mass is 9.63. The second-order valence-corrected chi connectivity index (χ2v) is 14.0. The van der Waals surface area contributed by atoms with Gasteiger partial charge in [-0.25, -0.2) is 0 Å². The highest BCUT2D eigenvalue weighted by atomic mass is 79.9. The van der Waals surface area contributed by atoms with Crippen LogP contribution in [0.25, 0.3) is 0 Å². The van der Waals surface area contributed by atoms with Crippen molar-refractivity contribution >= 4 is 15.9 Å². The highest BCUT2D eigenvalue weighted by Gasteiger charge is 2.64.